The van der Waals surface area contributed by atoms with Gasteiger partial charge in [-0.3, -0.25) is 9.59 Å². The van der Waals surface area contributed by atoms with Crippen LogP contribution in [0.4, 0.5) is 10.1 Å². The summed E-state index contributed by atoms with van der Waals surface area (Å²) in [7, 11) is 0. The minimum absolute atomic E-state index is 0.145. The van der Waals surface area contributed by atoms with Crippen LogP contribution in [0, 0.1) is 5.82 Å². The lowest BCUT2D eigenvalue weighted by molar-refractivity contribution is -0.113. The van der Waals surface area contributed by atoms with Crippen molar-refractivity contribution in [3.05, 3.63) is 65.5 Å². The van der Waals surface area contributed by atoms with Gasteiger partial charge in [-0.2, -0.15) is 0 Å². The number of halogens is 1. The molecule has 3 N–H and O–H groups in total. The Morgan fingerprint density at radius 3 is 2.30 bits per heavy atom. The number of amides is 2. The summed E-state index contributed by atoms with van der Waals surface area (Å²) >= 11 is 1.45. The average Bonchev–Trinajstić information content (AvgIpc) is 2.64. The molecule has 0 fully saturated rings. The Hall–Kier alpha value is -2.38. The molecule has 27 heavy (non-hydrogen) atoms. The van der Waals surface area contributed by atoms with E-state index in [4.69, 9.17) is 0 Å². The van der Waals surface area contributed by atoms with Crippen LogP contribution in [0.15, 0.2) is 48.5 Å². The van der Waals surface area contributed by atoms with Crippen LogP contribution in [-0.4, -0.2) is 34.8 Å². The van der Waals surface area contributed by atoms with Crippen LogP contribution >= 0.6 is 11.8 Å². The van der Waals surface area contributed by atoms with Gasteiger partial charge in [-0.15, -0.1) is 11.8 Å². The molecular formula is C20H23FN2O3S. The third kappa shape index (κ3) is 7.03. The Morgan fingerprint density at radius 2 is 1.70 bits per heavy atom. The summed E-state index contributed by atoms with van der Waals surface area (Å²) in [6.07, 6.45) is 0. The molecule has 5 nitrogen and oxygen atoms in total. The molecule has 0 aliphatic rings. The fourth-order valence-corrected chi connectivity index (χ4v) is 2.95. The molecule has 0 aliphatic carbocycles. The standard InChI is InChI=1S/C20H23FN2O3S/c1-20(2,13-24)23-19(26)15-5-3-14(4-6-15)11-27-12-18(25)22-17-9-7-16(21)8-10-17/h3-10,24H,11-13H2,1-2H3,(H,22,25)(H,23,26). The van der Waals surface area contributed by atoms with Crippen molar-refractivity contribution in [2.45, 2.75) is 25.1 Å². The van der Waals surface area contributed by atoms with Crippen LogP contribution in [0.2, 0.25) is 0 Å². The van der Waals surface area contributed by atoms with Gasteiger partial charge in [0.1, 0.15) is 5.82 Å². The van der Waals surface area contributed by atoms with Crippen molar-refractivity contribution in [2.24, 2.45) is 0 Å². The highest BCUT2D eigenvalue weighted by molar-refractivity contribution is 7.99. The molecule has 0 aliphatic heterocycles. The number of thioether (sulfide) groups is 1. The number of aliphatic hydroxyl groups excluding tert-OH is 1. The van der Waals surface area contributed by atoms with E-state index in [2.05, 4.69) is 10.6 Å². The Labute approximate surface area is 162 Å². The molecule has 7 heteroatoms. The molecule has 2 rings (SSSR count). The second-order valence-corrected chi connectivity index (χ2v) is 7.73. The molecule has 0 saturated heterocycles. The van der Waals surface area contributed by atoms with Crippen LogP contribution in [0.25, 0.3) is 0 Å². The Kier molecular flexibility index (Phi) is 7.38. The quantitative estimate of drug-likeness (QED) is 0.647. The minimum Gasteiger partial charge on any atom is -0.394 e. The monoisotopic (exact) mass is 390 g/mol. The number of aliphatic hydroxyl groups is 1. The third-order valence-corrected chi connectivity index (χ3v) is 4.70. The number of carbonyl (C=O) groups excluding carboxylic acids is 2. The van der Waals surface area contributed by atoms with E-state index in [1.54, 1.807) is 26.0 Å². The number of nitrogens with one attached hydrogen (secondary N) is 2. The van der Waals surface area contributed by atoms with Crippen LogP contribution in [0.1, 0.15) is 29.8 Å². The summed E-state index contributed by atoms with van der Waals surface area (Å²) in [5, 5.41) is 14.7. The molecular weight excluding hydrogens is 367 g/mol. The van der Waals surface area contributed by atoms with Crippen LogP contribution in [0.3, 0.4) is 0 Å². The average molecular weight is 390 g/mol. The van der Waals surface area contributed by atoms with E-state index < -0.39 is 5.54 Å². The van der Waals surface area contributed by atoms with Crippen LogP contribution in [0.5, 0.6) is 0 Å². The van der Waals surface area contributed by atoms with Crippen molar-refractivity contribution in [1.29, 1.82) is 0 Å². The molecule has 0 bridgehead atoms. The van der Waals surface area contributed by atoms with Crippen molar-refractivity contribution in [3.63, 3.8) is 0 Å². The van der Waals surface area contributed by atoms with Gasteiger partial charge in [0.25, 0.3) is 5.91 Å². The van der Waals surface area contributed by atoms with Gasteiger partial charge in [-0.05, 0) is 55.8 Å². The summed E-state index contributed by atoms with van der Waals surface area (Å²) in [5.41, 5.74) is 1.39. The molecule has 0 heterocycles. The van der Waals surface area contributed by atoms with Crippen molar-refractivity contribution < 1.29 is 19.1 Å². The lowest BCUT2D eigenvalue weighted by atomic mass is 10.1. The summed E-state index contributed by atoms with van der Waals surface area (Å²) in [4.78, 5) is 24.0. The van der Waals surface area contributed by atoms with Gasteiger partial charge in [0.05, 0.1) is 17.9 Å². The molecule has 0 radical (unpaired) electrons. The van der Waals surface area contributed by atoms with Gasteiger partial charge in [-0.1, -0.05) is 12.1 Å². The summed E-state index contributed by atoms with van der Waals surface area (Å²) in [5.74, 6) is 0.144. The maximum atomic E-state index is 12.8. The van der Waals surface area contributed by atoms with Gasteiger partial charge in [-0.25, -0.2) is 4.39 Å². The highest BCUT2D eigenvalue weighted by atomic mass is 32.2. The van der Waals surface area contributed by atoms with Crippen molar-refractivity contribution in [2.75, 3.05) is 17.7 Å². The van der Waals surface area contributed by atoms with Gasteiger partial charge < -0.3 is 15.7 Å². The van der Waals surface area contributed by atoms with E-state index in [0.29, 0.717) is 17.0 Å². The van der Waals surface area contributed by atoms with Gasteiger partial charge in [0.2, 0.25) is 5.91 Å². The first-order valence-electron chi connectivity index (χ1n) is 8.44. The largest absolute Gasteiger partial charge is 0.394 e. The van der Waals surface area contributed by atoms with E-state index >= 15 is 0 Å². The first-order valence-corrected chi connectivity index (χ1v) is 9.60. The zero-order chi connectivity index (χ0) is 19.9. The molecule has 2 aromatic rings. The molecule has 0 spiro atoms. The zero-order valence-corrected chi connectivity index (χ0v) is 16.1. The molecule has 144 valence electrons. The van der Waals surface area contributed by atoms with Crippen LogP contribution < -0.4 is 10.6 Å². The second-order valence-electron chi connectivity index (χ2n) is 6.74. The number of anilines is 1. The van der Waals surface area contributed by atoms with Crippen molar-refractivity contribution in [3.8, 4) is 0 Å². The topological polar surface area (TPSA) is 78.4 Å². The van der Waals surface area contributed by atoms with E-state index in [-0.39, 0.29) is 30.0 Å². The molecule has 2 aromatic carbocycles. The van der Waals surface area contributed by atoms with Gasteiger partial charge in [0, 0.05) is 17.0 Å². The predicted octanol–water partition coefficient (Wildman–Crippen LogP) is 3.20. The Balaban J connectivity index is 1.78. The number of carbonyl (C=O) groups is 2. The maximum absolute atomic E-state index is 12.8. The molecule has 0 unspecified atom stereocenters. The lowest BCUT2D eigenvalue weighted by Crippen LogP contribution is -2.46. The van der Waals surface area contributed by atoms with Gasteiger partial charge >= 0.3 is 0 Å². The van der Waals surface area contributed by atoms with E-state index in [0.717, 1.165) is 5.56 Å². The summed E-state index contributed by atoms with van der Waals surface area (Å²) in [6, 6.07) is 12.7. The highest BCUT2D eigenvalue weighted by Crippen LogP contribution is 2.15. The van der Waals surface area contributed by atoms with E-state index in [1.165, 1.54) is 36.0 Å². The molecule has 0 atom stereocenters. The zero-order valence-electron chi connectivity index (χ0n) is 15.3. The third-order valence-electron chi connectivity index (χ3n) is 3.69. The fourth-order valence-electron chi connectivity index (χ4n) is 2.16. The first-order chi connectivity index (χ1) is 12.8. The van der Waals surface area contributed by atoms with Gasteiger partial charge in [0.15, 0.2) is 0 Å². The number of benzene rings is 2. The highest BCUT2D eigenvalue weighted by Gasteiger charge is 2.19. The summed E-state index contributed by atoms with van der Waals surface area (Å²) < 4.78 is 12.8. The number of rotatable bonds is 8. The Morgan fingerprint density at radius 1 is 1.07 bits per heavy atom. The van der Waals surface area contributed by atoms with Crippen LogP contribution in [-0.2, 0) is 10.5 Å². The second kappa shape index (κ2) is 9.53. The molecule has 2 amide bonds. The van der Waals surface area contributed by atoms with E-state index in [9.17, 15) is 19.1 Å². The molecule has 0 aromatic heterocycles. The SMILES string of the molecule is CC(C)(CO)NC(=O)c1ccc(CSCC(=O)Nc2ccc(F)cc2)cc1. The van der Waals surface area contributed by atoms with Crippen molar-refractivity contribution in [1.82, 2.24) is 5.32 Å². The summed E-state index contributed by atoms with van der Waals surface area (Å²) in [6.45, 7) is 3.34. The first kappa shape index (κ1) is 20.9. The Bertz CT molecular complexity index is 777. The lowest BCUT2D eigenvalue weighted by Gasteiger charge is -2.23. The van der Waals surface area contributed by atoms with E-state index in [1.807, 2.05) is 12.1 Å². The fraction of sp³-hybridized carbons (Fsp3) is 0.300. The molecule has 0 saturated carbocycles. The number of hydrogen-bond donors (Lipinski definition) is 3. The minimum atomic E-state index is -0.677. The smallest absolute Gasteiger partial charge is 0.251 e. The normalized spacial score (nSPS) is 11.1. The maximum Gasteiger partial charge on any atom is 0.251 e. The predicted molar refractivity (Wildman–Crippen MR) is 106 cm³/mol. The number of hydrogen-bond acceptors (Lipinski definition) is 4. The van der Waals surface area contributed by atoms with Crippen molar-refractivity contribution >= 4 is 29.3 Å².